The monoisotopic (exact) mass is 466 g/mol. The van der Waals surface area contributed by atoms with E-state index in [0.29, 0.717) is 29.8 Å². The standard InChI is InChI=1S/C26H31ClN4O2/c1-26(2,3)21-10-8-18(9-11-21)24-29-23(33-30-24)17-31-14-12-19(13-15-31)25(32)28-16-20-6-4-5-7-22(20)27/h4-11,19H,12-17H2,1-3H3,(H,28,32). The summed E-state index contributed by atoms with van der Waals surface area (Å²) < 4.78 is 5.50. The third kappa shape index (κ3) is 6.01. The molecule has 1 amide bonds. The predicted molar refractivity (Wildman–Crippen MR) is 130 cm³/mol. The van der Waals surface area contributed by atoms with Crippen LogP contribution in [0, 0.1) is 5.92 Å². The second-order valence-corrected chi connectivity index (χ2v) is 10.1. The molecule has 1 N–H and O–H groups in total. The van der Waals surface area contributed by atoms with Crippen LogP contribution in [0.5, 0.6) is 0 Å². The van der Waals surface area contributed by atoms with E-state index in [-0.39, 0.29) is 17.2 Å². The minimum Gasteiger partial charge on any atom is -0.352 e. The second kappa shape index (κ2) is 10.1. The van der Waals surface area contributed by atoms with E-state index >= 15 is 0 Å². The predicted octanol–water partition coefficient (Wildman–Crippen LogP) is 5.22. The van der Waals surface area contributed by atoms with Crippen molar-refractivity contribution in [3.63, 3.8) is 0 Å². The number of nitrogens with zero attached hydrogens (tertiary/aromatic N) is 3. The van der Waals surface area contributed by atoms with E-state index in [0.717, 1.165) is 37.1 Å². The first-order valence-corrected chi connectivity index (χ1v) is 11.8. The van der Waals surface area contributed by atoms with Gasteiger partial charge in [-0.2, -0.15) is 4.98 Å². The van der Waals surface area contributed by atoms with E-state index in [1.165, 1.54) is 5.56 Å². The maximum atomic E-state index is 12.6. The molecule has 6 nitrogen and oxygen atoms in total. The van der Waals surface area contributed by atoms with Gasteiger partial charge in [0, 0.05) is 23.0 Å². The number of nitrogens with one attached hydrogen (secondary N) is 1. The number of amides is 1. The summed E-state index contributed by atoms with van der Waals surface area (Å²) in [5, 5.41) is 7.86. The zero-order chi connectivity index (χ0) is 23.4. The van der Waals surface area contributed by atoms with Gasteiger partial charge in [-0.25, -0.2) is 0 Å². The van der Waals surface area contributed by atoms with Crippen molar-refractivity contribution in [3.05, 3.63) is 70.6 Å². The molecule has 1 fully saturated rings. The fraction of sp³-hybridized carbons (Fsp3) is 0.423. The van der Waals surface area contributed by atoms with Gasteiger partial charge in [-0.05, 0) is 48.5 Å². The van der Waals surface area contributed by atoms with Gasteiger partial charge >= 0.3 is 0 Å². The van der Waals surface area contributed by atoms with E-state index in [9.17, 15) is 4.79 Å². The molecule has 0 spiro atoms. The van der Waals surface area contributed by atoms with Crippen molar-refractivity contribution in [2.75, 3.05) is 13.1 Å². The molecule has 0 radical (unpaired) electrons. The molecule has 0 atom stereocenters. The number of halogens is 1. The van der Waals surface area contributed by atoms with Gasteiger partial charge in [-0.1, -0.05) is 80.0 Å². The van der Waals surface area contributed by atoms with Crippen LogP contribution in [-0.2, 0) is 23.3 Å². The molecule has 174 valence electrons. The van der Waals surface area contributed by atoms with Crippen LogP contribution in [0.15, 0.2) is 53.1 Å². The lowest BCUT2D eigenvalue weighted by Crippen LogP contribution is -2.40. The lowest BCUT2D eigenvalue weighted by atomic mass is 9.87. The highest BCUT2D eigenvalue weighted by Crippen LogP contribution is 2.25. The Morgan fingerprint density at radius 3 is 2.48 bits per heavy atom. The van der Waals surface area contributed by atoms with Gasteiger partial charge in [0.2, 0.25) is 17.6 Å². The molecule has 0 bridgehead atoms. The number of carbonyl (C=O) groups is 1. The van der Waals surface area contributed by atoms with Gasteiger partial charge in [0.15, 0.2) is 0 Å². The van der Waals surface area contributed by atoms with Crippen LogP contribution in [0.1, 0.15) is 50.6 Å². The van der Waals surface area contributed by atoms with Crippen molar-refractivity contribution in [2.24, 2.45) is 5.92 Å². The number of rotatable bonds is 6. The van der Waals surface area contributed by atoms with Crippen molar-refractivity contribution in [3.8, 4) is 11.4 Å². The molecule has 1 aromatic heterocycles. The van der Waals surface area contributed by atoms with Gasteiger partial charge in [0.1, 0.15) is 0 Å². The molecule has 0 unspecified atom stereocenters. The summed E-state index contributed by atoms with van der Waals surface area (Å²) in [5.74, 6) is 1.32. The summed E-state index contributed by atoms with van der Waals surface area (Å²) in [4.78, 5) is 19.4. The highest BCUT2D eigenvalue weighted by molar-refractivity contribution is 6.31. The van der Waals surface area contributed by atoms with Crippen molar-refractivity contribution < 1.29 is 9.32 Å². The van der Waals surface area contributed by atoms with Crippen molar-refractivity contribution in [2.45, 2.75) is 52.1 Å². The van der Waals surface area contributed by atoms with Crippen LogP contribution in [-0.4, -0.2) is 34.0 Å². The Kier molecular flexibility index (Phi) is 7.15. The molecule has 2 aromatic carbocycles. The quantitative estimate of drug-likeness (QED) is 0.539. The van der Waals surface area contributed by atoms with Crippen molar-refractivity contribution in [1.82, 2.24) is 20.4 Å². The summed E-state index contributed by atoms with van der Waals surface area (Å²) in [6, 6.07) is 15.9. The number of hydrogen-bond acceptors (Lipinski definition) is 5. The lowest BCUT2D eigenvalue weighted by Gasteiger charge is -2.30. The summed E-state index contributed by atoms with van der Waals surface area (Å²) in [6.07, 6.45) is 1.62. The molecule has 2 heterocycles. The SMILES string of the molecule is CC(C)(C)c1ccc(-c2noc(CN3CCC(C(=O)NCc4ccccc4Cl)CC3)n2)cc1. The third-order valence-electron chi connectivity index (χ3n) is 6.21. The minimum atomic E-state index is 0.0170. The Balaban J connectivity index is 1.26. The highest BCUT2D eigenvalue weighted by Gasteiger charge is 2.26. The topological polar surface area (TPSA) is 71.3 Å². The molecule has 3 aromatic rings. The zero-order valence-corrected chi connectivity index (χ0v) is 20.2. The number of hydrogen-bond donors (Lipinski definition) is 1. The van der Waals surface area contributed by atoms with E-state index in [1.807, 2.05) is 36.4 Å². The molecule has 1 saturated heterocycles. The van der Waals surface area contributed by atoms with E-state index in [2.05, 4.69) is 53.3 Å². The van der Waals surface area contributed by atoms with E-state index < -0.39 is 0 Å². The summed E-state index contributed by atoms with van der Waals surface area (Å²) in [6.45, 7) is 9.28. The smallest absolute Gasteiger partial charge is 0.241 e. The number of aromatic nitrogens is 2. The van der Waals surface area contributed by atoms with Crippen LogP contribution in [0.2, 0.25) is 5.02 Å². The molecule has 0 aliphatic carbocycles. The molecule has 4 rings (SSSR count). The van der Waals surface area contributed by atoms with Crippen LogP contribution >= 0.6 is 11.6 Å². The van der Waals surface area contributed by atoms with Gasteiger partial charge in [-0.15, -0.1) is 0 Å². The molecular weight excluding hydrogens is 436 g/mol. The van der Waals surface area contributed by atoms with Crippen LogP contribution in [0.3, 0.4) is 0 Å². The normalized spacial score (nSPS) is 15.5. The van der Waals surface area contributed by atoms with Crippen LogP contribution in [0.25, 0.3) is 11.4 Å². The largest absolute Gasteiger partial charge is 0.352 e. The highest BCUT2D eigenvalue weighted by atomic mass is 35.5. The maximum absolute atomic E-state index is 12.6. The average Bonchev–Trinajstić information content (AvgIpc) is 3.27. The number of carbonyl (C=O) groups excluding carboxylic acids is 1. The Labute approximate surface area is 200 Å². The molecule has 33 heavy (non-hydrogen) atoms. The fourth-order valence-electron chi connectivity index (χ4n) is 4.07. The van der Waals surface area contributed by atoms with Crippen molar-refractivity contribution in [1.29, 1.82) is 0 Å². The number of likely N-dealkylation sites (tertiary alicyclic amines) is 1. The van der Waals surface area contributed by atoms with Gasteiger partial charge in [0.25, 0.3) is 0 Å². The second-order valence-electron chi connectivity index (χ2n) is 9.70. The Bertz CT molecular complexity index is 1080. The molecule has 1 aliphatic heterocycles. The summed E-state index contributed by atoms with van der Waals surface area (Å²) in [7, 11) is 0. The van der Waals surface area contributed by atoms with Gasteiger partial charge in [-0.3, -0.25) is 9.69 Å². The lowest BCUT2D eigenvalue weighted by molar-refractivity contribution is -0.126. The number of benzene rings is 2. The molecule has 0 saturated carbocycles. The Morgan fingerprint density at radius 2 is 1.82 bits per heavy atom. The van der Waals surface area contributed by atoms with Crippen LogP contribution in [0.4, 0.5) is 0 Å². The first-order chi connectivity index (χ1) is 15.8. The summed E-state index contributed by atoms with van der Waals surface area (Å²) >= 11 is 6.18. The van der Waals surface area contributed by atoms with E-state index in [1.54, 1.807) is 0 Å². The van der Waals surface area contributed by atoms with Crippen LogP contribution < -0.4 is 5.32 Å². The fourth-order valence-corrected chi connectivity index (χ4v) is 4.27. The molecule has 1 aliphatic rings. The zero-order valence-electron chi connectivity index (χ0n) is 19.5. The minimum absolute atomic E-state index is 0.0170. The van der Waals surface area contributed by atoms with Gasteiger partial charge in [0.05, 0.1) is 6.54 Å². The molecular formula is C26H31ClN4O2. The first kappa shape index (κ1) is 23.5. The van der Waals surface area contributed by atoms with Gasteiger partial charge < -0.3 is 9.84 Å². The van der Waals surface area contributed by atoms with Crippen molar-refractivity contribution >= 4 is 17.5 Å². The Hall–Kier alpha value is -2.70. The third-order valence-corrected chi connectivity index (χ3v) is 6.57. The molecule has 7 heteroatoms. The average molecular weight is 467 g/mol. The number of piperidine rings is 1. The Morgan fingerprint density at radius 1 is 1.12 bits per heavy atom. The van der Waals surface area contributed by atoms with E-state index in [4.69, 9.17) is 16.1 Å². The maximum Gasteiger partial charge on any atom is 0.241 e. The first-order valence-electron chi connectivity index (χ1n) is 11.5. The summed E-state index contributed by atoms with van der Waals surface area (Å²) in [5.41, 5.74) is 3.27.